The van der Waals surface area contributed by atoms with Gasteiger partial charge >= 0.3 is 11.9 Å². The number of nitrogens with two attached hydrogens (primary N) is 2. The molecule has 0 unspecified atom stereocenters. The van der Waals surface area contributed by atoms with E-state index >= 15 is 0 Å². The average molecular weight is 640 g/mol. The van der Waals surface area contributed by atoms with Gasteiger partial charge in [-0.2, -0.15) is 0 Å². The standard InChI is InChI=1S/C35H33N3O9/c1-19(2)34(43)46-17-8-4-3-7-16-45-21-13-11-20(12-14-21)35(44)47-18-15-38-32(41)26-27(33(38)42)29(37)25-24(28(26)36)30(39)22-9-5-6-10-23(22)31(25)40/h5-6,9-14H,1,3-4,7-8,15-18,36-37H2,2H3. The Kier molecular flexibility index (Phi) is 9.50. The summed E-state index contributed by atoms with van der Waals surface area (Å²) in [6.07, 6.45) is 3.34. The van der Waals surface area contributed by atoms with Gasteiger partial charge in [-0.15, -0.1) is 0 Å². The molecule has 5 aromatic rings. The number of aromatic nitrogens is 1. The van der Waals surface area contributed by atoms with Gasteiger partial charge in [0.15, 0.2) is 10.9 Å². The first-order valence-electron chi connectivity index (χ1n) is 15.0. The van der Waals surface area contributed by atoms with Gasteiger partial charge in [-0.05, 0) is 56.9 Å². The number of esters is 2. The van der Waals surface area contributed by atoms with Gasteiger partial charge in [0.25, 0.3) is 11.1 Å². The van der Waals surface area contributed by atoms with Crippen LogP contribution in [0.1, 0.15) is 43.0 Å². The molecule has 0 amide bonds. The quantitative estimate of drug-likeness (QED) is 0.0480. The first-order valence-corrected chi connectivity index (χ1v) is 15.0. The molecule has 0 saturated heterocycles. The minimum Gasteiger partial charge on any atom is -0.494 e. The zero-order valence-corrected chi connectivity index (χ0v) is 25.8. The Balaban J connectivity index is 1.20. The Morgan fingerprint density at radius 1 is 0.702 bits per heavy atom. The molecule has 1 heterocycles. The van der Waals surface area contributed by atoms with Crippen molar-refractivity contribution in [3.8, 4) is 5.75 Å². The number of hydrogen-bond donors (Lipinski definition) is 2. The number of carbonyl (C=O) groups is 2. The van der Waals surface area contributed by atoms with Gasteiger partial charge in [-0.3, -0.25) is 23.7 Å². The van der Waals surface area contributed by atoms with Gasteiger partial charge in [0, 0.05) is 16.3 Å². The predicted octanol–water partition coefficient (Wildman–Crippen LogP) is 3.34. The van der Waals surface area contributed by atoms with Crippen molar-refractivity contribution < 1.29 is 23.8 Å². The van der Waals surface area contributed by atoms with E-state index in [1.807, 2.05) is 0 Å². The van der Waals surface area contributed by atoms with E-state index in [9.17, 15) is 28.8 Å². The summed E-state index contributed by atoms with van der Waals surface area (Å²) >= 11 is 0. The van der Waals surface area contributed by atoms with Crippen LogP contribution in [0.25, 0.3) is 32.3 Å². The third-order valence-electron chi connectivity index (χ3n) is 7.89. The van der Waals surface area contributed by atoms with Crippen molar-refractivity contribution in [2.75, 3.05) is 31.3 Å². The molecule has 0 radical (unpaired) electrons. The van der Waals surface area contributed by atoms with Crippen molar-refractivity contribution in [2.45, 2.75) is 39.2 Å². The maximum Gasteiger partial charge on any atom is 0.338 e. The Bertz CT molecular complexity index is 2140. The highest BCUT2D eigenvalue weighted by molar-refractivity contribution is 6.20. The molecule has 12 heteroatoms. The van der Waals surface area contributed by atoms with E-state index in [0.29, 0.717) is 24.5 Å². The molecule has 0 fully saturated rings. The number of nitrogen functional groups attached to an aromatic ring is 2. The first-order chi connectivity index (χ1) is 22.5. The van der Waals surface area contributed by atoms with Crippen LogP contribution < -0.4 is 38.2 Å². The van der Waals surface area contributed by atoms with E-state index < -0.39 is 27.9 Å². The maximum absolute atomic E-state index is 13.3. The molecular formula is C35H33N3O9. The van der Waals surface area contributed by atoms with E-state index in [0.717, 1.165) is 30.3 Å². The molecule has 242 valence electrons. The van der Waals surface area contributed by atoms with Gasteiger partial charge in [0.2, 0.25) is 0 Å². The highest BCUT2D eigenvalue weighted by Gasteiger charge is 2.25. The average Bonchev–Trinajstić information content (AvgIpc) is 3.32. The van der Waals surface area contributed by atoms with E-state index in [1.54, 1.807) is 31.2 Å². The van der Waals surface area contributed by atoms with Crippen LogP contribution in [0, 0.1) is 0 Å². The molecule has 0 aliphatic heterocycles. The summed E-state index contributed by atoms with van der Waals surface area (Å²) in [7, 11) is 0. The van der Waals surface area contributed by atoms with Crippen molar-refractivity contribution in [3.05, 3.63) is 107 Å². The molecule has 0 atom stereocenters. The summed E-state index contributed by atoms with van der Waals surface area (Å²) in [5, 5.41) is -0.654. The summed E-state index contributed by atoms with van der Waals surface area (Å²) in [6, 6.07) is 12.5. The van der Waals surface area contributed by atoms with E-state index in [-0.39, 0.29) is 68.4 Å². The zero-order valence-electron chi connectivity index (χ0n) is 25.8. The second-order valence-electron chi connectivity index (χ2n) is 11.1. The lowest BCUT2D eigenvalue weighted by molar-refractivity contribution is -0.139. The molecule has 12 nitrogen and oxygen atoms in total. The van der Waals surface area contributed by atoms with Crippen molar-refractivity contribution >= 4 is 55.6 Å². The SMILES string of the molecule is C=C(C)C(=O)OCCCCCCOc1ccc(C(=O)OCCn2c(=O)c3c(N)c4c(=O)c5ccccc5c(=O)c4c(N)c3c2=O)cc1. The molecular weight excluding hydrogens is 606 g/mol. The number of ether oxygens (including phenoxy) is 3. The Hall–Kier alpha value is -5.78. The van der Waals surface area contributed by atoms with Gasteiger partial charge in [-0.25, -0.2) is 9.59 Å². The highest BCUT2D eigenvalue weighted by atomic mass is 16.5. The first kappa shape index (κ1) is 32.6. The lowest BCUT2D eigenvalue weighted by atomic mass is 9.97. The molecule has 4 N–H and O–H groups in total. The van der Waals surface area contributed by atoms with Gasteiger partial charge in [-0.1, -0.05) is 30.8 Å². The number of fused-ring (bicyclic) bond motifs is 3. The second kappa shape index (κ2) is 13.7. The molecule has 0 saturated carbocycles. The van der Waals surface area contributed by atoms with Crippen LogP contribution in [0.4, 0.5) is 11.4 Å². The number of anilines is 2. The fourth-order valence-electron chi connectivity index (χ4n) is 5.45. The number of nitrogens with zero attached hydrogens (tertiary/aromatic N) is 1. The van der Waals surface area contributed by atoms with Crippen molar-refractivity contribution in [1.29, 1.82) is 0 Å². The van der Waals surface area contributed by atoms with Crippen molar-refractivity contribution in [1.82, 2.24) is 4.57 Å². The fraction of sp³-hybridized carbons (Fsp3) is 0.257. The van der Waals surface area contributed by atoms with Crippen LogP contribution in [-0.2, 0) is 20.8 Å². The van der Waals surface area contributed by atoms with Gasteiger partial charge in [0.05, 0.1) is 58.2 Å². The van der Waals surface area contributed by atoms with Crippen LogP contribution in [-0.4, -0.2) is 36.3 Å². The Morgan fingerprint density at radius 2 is 1.23 bits per heavy atom. The second-order valence-corrected chi connectivity index (χ2v) is 11.1. The monoisotopic (exact) mass is 639 g/mol. The summed E-state index contributed by atoms with van der Waals surface area (Å²) in [6.45, 7) is 5.35. The predicted molar refractivity (Wildman–Crippen MR) is 180 cm³/mol. The van der Waals surface area contributed by atoms with Crippen LogP contribution in [0.5, 0.6) is 5.75 Å². The largest absolute Gasteiger partial charge is 0.494 e. The number of carbonyl (C=O) groups excluding carboxylic acids is 2. The van der Waals surface area contributed by atoms with Crippen molar-refractivity contribution in [3.63, 3.8) is 0 Å². The van der Waals surface area contributed by atoms with Crippen LogP contribution in [0.15, 0.2) is 79.9 Å². The summed E-state index contributed by atoms with van der Waals surface area (Å²) in [5.41, 5.74) is 9.79. The molecule has 4 aromatic carbocycles. The number of benzene rings is 4. The third-order valence-corrected chi connectivity index (χ3v) is 7.89. The number of hydrogen-bond acceptors (Lipinski definition) is 11. The van der Waals surface area contributed by atoms with E-state index in [4.69, 9.17) is 25.7 Å². The summed E-state index contributed by atoms with van der Waals surface area (Å²) in [4.78, 5) is 77.1. The normalized spacial score (nSPS) is 11.3. The molecule has 0 spiro atoms. The van der Waals surface area contributed by atoms with E-state index in [2.05, 4.69) is 6.58 Å². The van der Waals surface area contributed by atoms with Crippen LogP contribution in [0.3, 0.4) is 0 Å². The third kappa shape index (κ3) is 6.35. The number of unbranched alkanes of at least 4 members (excludes halogenated alkanes) is 3. The summed E-state index contributed by atoms with van der Waals surface area (Å²) < 4.78 is 16.9. The Labute approximate surface area is 267 Å². The molecule has 0 bridgehead atoms. The van der Waals surface area contributed by atoms with Crippen LogP contribution in [0.2, 0.25) is 0 Å². The minimum absolute atomic E-state index is 0.128. The fourth-order valence-corrected chi connectivity index (χ4v) is 5.45. The number of rotatable bonds is 13. The van der Waals surface area contributed by atoms with E-state index in [1.165, 1.54) is 24.3 Å². The lowest BCUT2D eigenvalue weighted by Gasteiger charge is -2.08. The summed E-state index contributed by atoms with van der Waals surface area (Å²) in [5.74, 6) is -0.492. The van der Waals surface area contributed by atoms with Crippen molar-refractivity contribution in [2.24, 2.45) is 0 Å². The van der Waals surface area contributed by atoms with Gasteiger partial charge < -0.3 is 25.7 Å². The van der Waals surface area contributed by atoms with Gasteiger partial charge in [0.1, 0.15) is 12.4 Å². The molecule has 1 aromatic heterocycles. The molecule has 47 heavy (non-hydrogen) atoms. The molecule has 0 aliphatic rings. The lowest BCUT2D eigenvalue weighted by Crippen LogP contribution is -2.28. The minimum atomic E-state index is -0.806. The highest BCUT2D eigenvalue weighted by Crippen LogP contribution is 2.31. The maximum atomic E-state index is 13.3. The van der Waals surface area contributed by atoms with Crippen LogP contribution >= 0.6 is 0 Å². The molecule has 0 aliphatic carbocycles. The topological polar surface area (TPSA) is 187 Å². The smallest absolute Gasteiger partial charge is 0.338 e. The zero-order chi connectivity index (χ0) is 33.8. The Morgan fingerprint density at radius 3 is 1.77 bits per heavy atom. The molecule has 5 rings (SSSR count).